The molecular weight excluding hydrogens is 302 g/mol. The Hall–Kier alpha value is -2.40. The topological polar surface area (TPSA) is 68.0 Å². The summed E-state index contributed by atoms with van der Waals surface area (Å²) in [4.78, 5) is 16.2. The molecule has 22 heavy (non-hydrogen) atoms. The molecule has 0 saturated carbocycles. The van der Waals surface area contributed by atoms with Crippen LogP contribution in [0.15, 0.2) is 35.0 Å². The summed E-state index contributed by atoms with van der Waals surface area (Å²) in [6.45, 7) is 3.97. The summed E-state index contributed by atoms with van der Waals surface area (Å²) in [6.07, 6.45) is 1.65. The van der Waals surface area contributed by atoms with Crippen LogP contribution in [0.25, 0.3) is 11.0 Å². The van der Waals surface area contributed by atoms with E-state index in [4.69, 9.17) is 16.1 Å². The summed E-state index contributed by atoms with van der Waals surface area (Å²) in [5, 5.41) is 8.12. The first kappa shape index (κ1) is 14.5. The second kappa shape index (κ2) is 5.77. The first-order valence-corrected chi connectivity index (χ1v) is 7.17. The lowest BCUT2D eigenvalue weighted by Crippen LogP contribution is -2.15. The van der Waals surface area contributed by atoms with E-state index >= 15 is 0 Å². The molecular formula is C16H14ClN3O2. The van der Waals surface area contributed by atoms with Crippen LogP contribution in [0.5, 0.6) is 0 Å². The monoisotopic (exact) mass is 315 g/mol. The number of carbonyl (C=O) groups excluding carboxylic acids is 1. The second-order valence-electron chi connectivity index (χ2n) is 5.17. The largest absolute Gasteiger partial charge is 0.356 e. The van der Waals surface area contributed by atoms with E-state index in [1.54, 1.807) is 12.1 Å². The molecule has 3 aromatic rings. The van der Waals surface area contributed by atoms with Gasteiger partial charge in [0.05, 0.1) is 6.42 Å². The number of halogens is 1. The number of aromatic nitrogens is 2. The standard InChI is InChI=1S/C16H14ClN3O2/c1-9-5-10(2)16-12(20-22-13(16)6-9)8-15(21)19-14-7-11(17)3-4-18-14/h3-7H,8H2,1-2H3,(H,18,19,21). The van der Waals surface area contributed by atoms with Crippen LogP contribution in [0, 0.1) is 13.8 Å². The number of pyridine rings is 1. The van der Waals surface area contributed by atoms with Crippen LogP contribution < -0.4 is 5.32 Å². The number of fused-ring (bicyclic) bond motifs is 1. The van der Waals surface area contributed by atoms with Gasteiger partial charge in [0, 0.05) is 16.6 Å². The zero-order valence-electron chi connectivity index (χ0n) is 12.2. The van der Waals surface area contributed by atoms with Crippen molar-refractivity contribution in [3.8, 4) is 0 Å². The Labute approximate surface area is 132 Å². The van der Waals surface area contributed by atoms with Crippen molar-refractivity contribution in [2.75, 3.05) is 5.32 Å². The van der Waals surface area contributed by atoms with Crippen LogP contribution in [0.3, 0.4) is 0 Å². The number of anilines is 1. The van der Waals surface area contributed by atoms with Crippen LogP contribution in [0.1, 0.15) is 16.8 Å². The van der Waals surface area contributed by atoms with E-state index < -0.39 is 0 Å². The Morgan fingerprint density at radius 3 is 2.91 bits per heavy atom. The van der Waals surface area contributed by atoms with Gasteiger partial charge in [0.25, 0.3) is 0 Å². The SMILES string of the molecule is Cc1cc(C)c2c(CC(=O)Nc3cc(Cl)ccn3)noc2c1. The van der Waals surface area contributed by atoms with Gasteiger partial charge in [-0.15, -0.1) is 0 Å². The third-order valence-electron chi connectivity index (χ3n) is 3.30. The van der Waals surface area contributed by atoms with Crippen LogP contribution in [-0.4, -0.2) is 16.0 Å². The lowest BCUT2D eigenvalue weighted by atomic mass is 10.0. The highest BCUT2D eigenvalue weighted by Crippen LogP contribution is 2.24. The van der Waals surface area contributed by atoms with Gasteiger partial charge in [-0.3, -0.25) is 4.79 Å². The van der Waals surface area contributed by atoms with Gasteiger partial charge < -0.3 is 9.84 Å². The highest BCUT2D eigenvalue weighted by atomic mass is 35.5. The van der Waals surface area contributed by atoms with Crippen LogP contribution >= 0.6 is 11.6 Å². The maximum Gasteiger partial charge on any atom is 0.231 e. The smallest absolute Gasteiger partial charge is 0.231 e. The van der Waals surface area contributed by atoms with Crippen molar-refractivity contribution < 1.29 is 9.32 Å². The van der Waals surface area contributed by atoms with Gasteiger partial charge in [0.15, 0.2) is 5.58 Å². The molecule has 0 bridgehead atoms. The Balaban J connectivity index is 1.83. The zero-order chi connectivity index (χ0) is 15.7. The molecule has 0 spiro atoms. The molecule has 5 nitrogen and oxygen atoms in total. The van der Waals surface area contributed by atoms with Crippen molar-refractivity contribution >= 4 is 34.3 Å². The highest BCUT2D eigenvalue weighted by molar-refractivity contribution is 6.30. The number of hydrogen-bond acceptors (Lipinski definition) is 4. The second-order valence-corrected chi connectivity index (χ2v) is 5.60. The quantitative estimate of drug-likeness (QED) is 0.800. The van der Waals surface area contributed by atoms with Gasteiger partial charge in [-0.25, -0.2) is 4.98 Å². The van der Waals surface area contributed by atoms with Crippen molar-refractivity contribution in [1.29, 1.82) is 0 Å². The molecule has 1 amide bonds. The lowest BCUT2D eigenvalue weighted by Gasteiger charge is -2.04. The van der Waals surface area contributed by atoms with Gasteiger partial charge >= 0.3 is 0 Å². The Morgan fingerprint density at radius 2 is 2.14 bits per heavy atom. The van der Waals surface area contributed by atoms with Gasteiger partial charge in [0.1, 0.15) is 11.5 Å². The maximum absolute atomic E-state index is 12.1. The number of hydrogen-bond donors (Lipinski definition) is 1. The van der Waals surface area contributed by atoms with Crippen molar-refractivity contribution in [1.82, 2.24) is 10.1 Å². The fraction of sp³-hybridized carbons (Fsp3) is 0.188. The van der Waals surface area contributed by atoms with Crippen LogP contribution in [-0.2, 0) is 11.2 Å². The van der Waals surface area contributed by atoms with Gasteiger partial charge in [-0.1, -0.05) is 22.8 Å². The van der Waals surface area contributed by atoms with Crippen molar-refractivity contribution in [3.05, 3.63) is 52.3 Å². The molecule has 1 aromatic carbocycles. The van der Waals surface area contributed by atoms with E-state index in [0.29, 0.717) is 22.1 Å². The van der Waals surface area contributed by atoms with Crippen LogP contribution in [0.2, 0.25) is 5.02 Å². The molecule has 0 atom stereocenters. The predicted molar refractivity (Wildman–Crippen MR) is 85.1 cm³/mol. The Morgan fingerprint density at radius 1 is 1.32 bits per heavy atom. The van der Waals surface area contributed by atoms with Gasteiger partial charge in [0.2, 0.25) is 5.91 Å². The predicted octanol–water partition coefficient (Wildman–Crippen LogP) is 3.67. The maximum atomic E-state index is 12.1. The number of benzene rings is 1. The summed E-state index contributed by atoms with van der Waals surface area (Å²) in [6, 6.07) is 7.19. The van der Waals surface area contributed by atoms with E-state index in [1.807, 2.05) is 26.0 Å². The molecule has 3 rings (SSSR count). The minimum atomic E-state index is -0.218. The molecule has 0 radical (unpaired) electrons. The molecule has 0 aliphatic heterocycles. The summed E-state index contributed by atoms with van der Waals surface area (Å²) >= 11 is 5.87. The molecule has 0 aliphatic carbocycles. The lowest BCUT2D eigenvalue weighted by molar-refractivity contribution is -0.115. The van der Waals surface area contributed by atoms with E-state index in [9.17, 15) is 4.79 Å². The summed E-state index contributed by atoms with van der Waals surface area (Å²) in [5.41, 5.74) is 3.45. The third-order valence-corrected chi connectivity index (χ3v) is 3.54. The summed E-state index contributed by atoms with van der Waals surface area (Å²) in [7, 11) is 0. The first-order valence-electron chi connectivity index (χ1n) is 6.80. The van der Waals surface area contributed by atoms with E-state index in [1.165, 1.54) is 6.20 Å². The highest BCUT2D eigenvalue weighted by Gasteiger charge is 2.15. The third kappa shape index (κ3) is 2.94. The van der Waals surface area contributed by atoms with Crippen molar-refractivity contribution in [2.45, 2.75) is 20.3 Å². The summed E-state index contributed by atoms with van der Waals surface area (Å²) < 4.78 is 5.31. The van der Waals surface area contributed by atoms with E-state index in [0.717, 1.165) is 16.5 Å². The minimum Gasteiger partial charge on any atom is -0.356 e. The molecule has 1 N–H and O–H groups in total. The Kier molecular flexibility index (Phi) is 3.81. The first-order chi connectivity index (χ1) is 10.5. The van der Waals surface area contributed by atoms with Crippen molar-refractivity contribution in [2.24, 2.45) is 0 Å². The summed E-state index contributed by atoms with van der Waals surface area (Å²) in [5.74, 6) is 0.197. The average Bonchev–Trinajstić information content (AvgIpc) is 2.81. The van der Waals surface area contributed by atoms with E-state index in [-0.39, 0.29) is 12.3 Å². The molecule has 0 fully saturated rings. The minimum absolute atomic E-state index is 0.116. The number of amides is 1. The fourth-order valence-corrected chi connectivity index (χ4v) is 2.61. The average molecular weight is 316 g/mol. The Bertz CT molecular complexity index is 858. The van der Waals surface area contributed by atoms with E-state index in [2.05, 4.69) is 15.5 Å². The molecule has 0 saturated heterocycles. The van der Waals surface area contributed by atoms with Gasteiger partial charge in [-0.05, 0) is 43.2 Å². The fourth-order valence-electron chi connectivity index (χ4n) is 2.45. The van der Waals surface area contributed by atoms with Crippen LogP contribution in [0.4, 0.5) is 5.82 Å². The number of nitrogens with one attached hydrogen (secondary N) is 1. The molecule has 112 valence electrons. The normalized spacial score (nSPS) is 10.9. The van der Waals surface area contributed by atoms with Crippen molar-refractivity contribution in [3.63, 3.8) is 0 Å². The molecule has 0 aliphatic rings. The molecule has 2 aromatic heterocycles. The molecule has 2 heterocycles. The molecule has 0 unspecified atom stereocenters. The van der Waals surface area contributed by atoms with Gasteiger partial charge in [-0.2, -0.15) is 0 Å². The number of nitrogens with zero attached hydrogens (tertiary/aromatic N) is 2. The zero-order valence-corrected chi connectivity index (χ0v) is 12.9. The number of rotatable bonds is 3. The molecule has 6 heteroatoms. The number of aryl methyl sites for hydroxylation is 2. The number of carbonyl (C=O) groups is 1.